The summed E-state index contributed by atoms with van der Waals surface area (Å²) in [6.07, 6.45) is 1.95. The minimum Gasteiger partial charge on any atom is -0.352 e. The summed E-state index contributed by atoms with van der Waals surface area (Å²) in [5.74, 6) is 1.15. The second kappa shape index (κ2) is 7.60. The monoisotopic (exact) mass is 288 g/mol. The van der Waals surface area contributed by atoms with Crippen molar-refractivity contribution < 1.29 is 4.79 Å². The largest absolute Gasteiger partial charge is 0.352 e. The van der Waals surface area contributed by atoms with Crippen molar-refractivity contribution in [2.24, 2.45) is 17.8 Å². The summed E-state index contributed by atoms with van der Waals surface area (Å²) < 4.78 is 0. The predicted octanol–water partition coefficient (Wildman–Crippen LogP) is 2.62. The van der Waals surface area contributed by atoms with Crippen LogP contribution in [0, 0.1) is 17.8 Å². The maximum absolute atomic E-state index is 12.7. The van der Waals surface area contributed by atoms with E-state index in [9.17, 15) is 4.79 Å². The van der Waals surface area contributed by atoms with Crippen LogP contribution in [0.1, 0.15) is 32.8 Å². The summed E-state index contributed by atoms with van der Waals surface area (Å²) in [6, 6.07) is 10.6. The molecule has 1 heterocycles. The molecule has 3 nitrogen and oxygen atoms in total. The first-order valence-corrected chi connectivity index (χ1v) is 8.13. The Bertz CT molecular complexity index is 444. The average Bonchev–Trinajstić information content (AvgIpc) is 2.48. The molecule has 0 bridgehead atoms. The van der Waals surface area contributed by atoms with E-state index in [1.807, 2.05) is 18.2 Å². The van der Waals surface area contributed by atoms with Gasteiger partial charge in [0, 0.05) is 18.5 Å². The summed E-state index contributed by atoms with van der Waals surface area (Å²) in [5, 5.41) is 6.64. The molecule has 0 aliphatic carbocycles. The van der Waals surface area contributed by atoms with Crippen molar-refractivity contribution in [2.75, 3.05) is 13.1 Å². The van der Waals surface area contributed by atoms with Crippen molar-refractivity contribution in [1.29, 1.82) is 0 Å². The van der Waals surface area contributed by atoms with Gasteiger partial charge in [-0.15, -0.1) is 0 Å². The van der Waals surface area contributed by atoms with Gasteiger partial charge in [0.25, 0.3) is 0 Å². The van der Waals surface area contributed by atoms with Crippen LogP contribution in [0.3, 0.4) is 0 Å². The number of carbonyl (C=O) groups is 1. The third-order valence-electron chi connectivity index (χ3n) is 4.60. The van der Waals surface area contributed by atoms with Gasteiger partial charge in [-0.05, 0) is 36.8 Å². The molecule has 0 saturated carbocycles. The summed E-state index contributed by atoms with van der Waals surface area (Å²) in [4.78, 5) is 12.7. The average molecular weight is 288 g/mol. The summed E-state index contributed by atoms with van der Waals surface area (Å²) in [6.45, 7) is 8.45. The highest BCUT2D eigenvalue weighted by atomic mass is 16.2. The van der Waals surface area contributed by atoms with Crippen molar-refractivity contribution in [3.8, 4) is 0 Å². The lowest BCUT2D eigenvalue weighted by atomic mass is 9.87. The maximum atomic E-state index is 12.7. The Balaban J connectivity index is 1.98. The van der Waals surface area contributed by atoms with E-state index in [-0.39, 0.29) is 17.9 Å². The zero-order valence-electron chi connectivity index (χ0n) is 13.4. The second-order valence-corrected chi connectivity index (χ2v) is 6.63. The first-order chi connectivity index (χ1) is 10.1. The van der Waals surface area contributed by atoms with E-state index in [0.717, 1.165) is 25.9 Å². The van der Waals surface area contributed by atoms with Gasteiger partial charge in [0.2, 0.25) is 5.91 Å². The lowest BCUT2D eigenvalue weighted by molar-refractivity contribution is -0.127. The van der Waals surface area contributed by atoms with Crippen LogP contribution < -0.4 is 10.6 Å². The molecule has 1 aliphatic rings. The molecule has 2 rings (SSSR count). The standard InChI is InChI=1S/C18H28N2O/c1-13(2)16(11-15-7-5-4-6-8-15)18(21)20-17-12-19-10-9-14(17)3/h4-8,13-14,16-17,19H,9-12H2,1-3H3,(H,20,21). The van der Waals surface area contributed by atoms with Crippen LogP contribution in [-0.4, -0.2) is 25.0 Å². The van der Waals surface area contributed by atoms with Gasteiger partial charge in [0.05, 0.1) is 0 Å². The van der Waals surface area contributed by atoms with E-state index in [0.29, 0.717) is 11.8 Å². The molecule has 3 unspecified atom stereocenters. The Hall–Kier alpha value is -1.35. The SMILES string of the molecule is CC(C)C(Cc1ccccc1)C(=O)NC1CNCCC1C. The lowest BCUT2D eigenvalue weighted by Gasteiger charge is -2.32. The molecule has 21 heavy (non-hydrogen) atoms. The van der Waals surface area contributed by atoms with Gasteiger partial charge in [0.15, 0.2) is 0 Å². The Morgan fingerprint density at radius 3 is 2.67 bits per heavy atom. The number of hydrogen-bond donors (Lipinski definition) is 2. The summed E-state index contributed by atoms with van der Waals surface area (Å²) in [7, 11) is 0. The fraction of sp³-hybridized carbons (Fsp3) is 0.611. The Morgan fingerprint density at radius 2 is 2.05 bits per heavy atom. The minimum absolute atomic E-state index is 0.0431. The topological polar surface area (TPSA) is 41.1 Å². The zero-order valence-corrected chi connectivity index (χ0v) is 13.4. The molecular weight excluding hydrogens is 260 g/mol. The highest BCUT2D eigenvalue weighted by Crippen LogP contribution is 2.19. The van der Waals surface area contributed by atoms with E-state index in [4.69, 9.17) is 0 Å². The number of benzene rings is 1. The van der Waals surface area contributed by atoms with Gasteiger partial charge >= 0.3 is 0 Å². The van der Waals surface area contributed by atoms with Crippen molar-refractivity contribution in [3.63, 3.8) is 0 Å². The highest BCUT2D eigenvalue weighted by molar-refractivity contribution is 5.79. The van der Waals surface area contributed by atoms with Gasteiger partial charge < -0.3 is 10.6 Å². The third-order valence-corrected chi connectivity index (χ3v) is 4.60. The van der Waals surface area contributed by atoms with E-state index < -0.39 is 0 Å². The Morgan fingerprint density at radius 1 is 1.33 bits per heavy atom. The number of carbonyl (C=O) groups excluding carboxylic acids is 1. The molecule has 1 aromatic carbocycles. The number of piperidine rings is 1. The third kappa shape index (κ3) is 4.57. The van der Waals surface area contributed by atoms with Gasteiger partial charge in [-0.3, -0.25) is 4.79 Å². The molecule has 1 aliphatic heterocycles. The van der Waals surface area contributed by atoms with Crippen LogP contribution in [0.5, 0.6) is 0 Å². The molecule has 0 spiro atoms. The fourth-order valence-electron chi connectivity index (χ4n) is 2.97. The van der Waals surface area contributed by atoms with Crippen LogP contribution in [0.15, 0.2) is 30.3 Å². The van der Waals surface area contributed by atoms with E-state index in [2.05, 4.69) is 43.5 Å². The van der Waals surface area contributed by atoms with E-state index >= 15 is 0 Å². The zero-order chi connectivity index (χ0) is 15.2. The lowest BCUT2D eigenvalue weighted by Crippen LogP contribution is -2.52. The summed E-state index contributed by atoms with van der Waals surface area (Å²) in [5.41, 5.74) is 1.24. The quantitative estimate of drug-likeness (QED) is 0.874. The van der Waals surface area contributed by atoms with E-state index in [1.54, 1.807) is 0 Å². The van der Waals surface area contributed by atoms with E-state index in [1.165, 1.54) is 5.56 Å². The normalized spacial score (nSPS) is 23.8. The Labute approximate surface area is 128 Å². The molecule has 0 aromatic heterocycles. The van der Waals surface area contributed by atoms with Crippen molar-refractivity contribution >= 4 is 5.91 Å². The number of rotatable bonds is 5. The van der Waals surface area contributed by atoms with Crippen LogP contribution in [0.2, 0.25) is 0 Å². The maximum Gasteiger partial charge on any atom is 0.223 e. The van der Waals surface area contributed by atoms with Crippen LogP contribution >= 0.6 is 0 Å². The molecular formula is C18H28N2O. The van der Waals surface area contributed by atoms with Crippen molar-refractivity contribution in [2.45, 2.75) is 39.7 Å². The highest BCUT2D eigenvalue weighted by Gasteiger charge is 2.28. The first-order valence-electron chi connectivity index (χ1n) is 8.13. The predicted molar refractivity (Wildman–Crippen MR) is 87.1 cm³/mol. The van der Waals surface area contributed by atoms with Crippen LogP contribution in [0.25, 0.3) is 0 Å². The fourth-order valence-corrected chi connectivity index (χ4v) is 2.97. The minimum atomic E-state index is 0.0431. The van der Waals surface area contributed by atoms with Crippen LogP contribution in [0.4, 0.5) is 0 Å². The molecule has 116 valence electrons. The van der Waals surface area contributed by atoms with Gasteiger partial charge in [0.1, 0.15) is 0 Å². The number of nitrogens with one attached hydrogen (secondary N) is 2. The first kappa shape index (κ1) is 16.0. The van der Waals surface area contributed by atoms with Gasteiger partial charge in [-0.1, -0.05) is 51.1 Å². The molecule has 3 heteroatoms. The summed E-state index contributed by atoms with van der Waals surface area (Å²) >= 11 is 0. The van der Waals surface area contributed by atoms with Crippen molar-refractivity contribution in [1.82, 2.24) is 10.6 Å². The molecule has 3 atom stereocenters. The van der Waals surface area contributed by atoms with Gasteiger partial charge in [-0.2, -0.15) is 0 Å². The Kier molecular flexibility index (Phi) is 5.80. The molecule has 1 fully saturated rings. The molecule has 1 aromatic rings. The smallest absolute Gasteiger partial charge is 0.223 e. The van der Waals surface area contributed by atoms with Crippen LogP contribution in [-0.2, 0) is 11.2 Å². The van der Waals surface area contributed by atoms with Gasteiger partial charge in [-0.25, -0.2) is 0 Å². The molecule has 0 radical (unpaired) electrons. The second-order valence-electron chi connectivity index (χ2n) is 6.63. The molecule has 1 saturated heterocycles. The molecule has 2 N–H and O–H groups in total. The van der Waals surface area contributed by atoms with Crippen molar-refractivity contribution in [3.05, 3.63) is 35.9 Å². The number of amides is 1. The molecule has 1 amide bonds. The number of hydrogen-bond acceptors (Lipinski definition) is 2.